The molecule has 1 atom stereocenters. The fourth-order valence-corrected chi connectivity index (χ4v) is 3.10. The first kappa shape index (κ1) is 22.0. The van der Waals surface area contributed by atoms with Crippen molar-refractivity contribution in [2.75, 3.05) is 39.8 Å². The van der Waals surface area contributed by atoms with E-state index in [2.05, 4.69) is 45.6 Å². The van der Waals surface area contributed by atoms with E-state index >= 15 is 0 Å². The normalized spacial score (nSPS) is 18.0. The molecule has 1 aromatic rings. The number of carbonyl (C=O) groups is 1. The number of morpholine rings is 1. The Labute approximate surface area is 168 Å². The smallest absolute Gasteiger partial charge is 0.407 e. The second-order valence-corrected chi connectivity index (χ2v) is 7.92. The van der Waals surface area contributed by atoms with Gasteiger partial charge in [-0.3, -0.25) is 4.99 Å². The number of nitrogens with zero attached hydrogens (tertiary/aromatic N) is 2. The molecule has 1 aliphatic heterocycles. The van der Waals surface area contributed by atoms with Crippen molar-refractivity contribution in [2.24, 2.45) is 4.99 Å². The van der Waals surface area contributed by atoms with Crippen LogP contribution in [0.15, 0.2) is 29.3 Å². The van der Waals surface area contributed by atoms with E-state index in [0.29, 0.717) is 13.2 Å². The van der Waals surface area contributed by atoms with Gasteiger partial charge in [0.1, 0.15) is 11.7 Å². The monoisotopic (exact) mass is 390 g/mol. The second-order valence-electron chi connectivity index (χ2n) is 7.92. The lowest BCUT2D eigenvalue weighted by atomic mass is 10.0. The molecular weight excluding hydrogens is 356 g/mol. The Morgan fingerprint density at radius 2 is 2.00 bits per heavy atom. The minimum Gasteiger partial charge on any atom is -0.444 e. The van der Waals surface area contributed by atoms with Crippen LogP contribution in [0.25, 0.3) is 0 Å². The van der Waals surface area contributed by atoms with Crippen LogP contribution in [0.5, 0.6) is 0 Å². The number of rotatable bonds is 5. The summed E-state index contributed by atoms with van der Waals surface area (Å²) in [6, 6.07) is 8.34. The zero-order chi connectivity index (χ0) is 20.6. The van der Waals surface area contributed by atoms with Crippen molar-refractivity contribution < 1.29 is 14.3 Å². The fraction of sp³-hybridized carbons (Fsp3) is 0.619. The van der Waals surface area contributed by atoms with Crippen LogP contribution in [0.4, 0.5) is 4.79 Å². The number of amides is 1. The van der Waals surface area contributed by atoms with E-state index in [9.17, 15) is 4.79 Å². The van der Waals surface area contributed by atoms with Crippen molar-refractivity contribution in [1.29, 1.82) is 0 Å². The third kappa shape index (κ3) is 7.03. The standard InChI is InChI=1S/C21H34N4O3/c1-16-9-6-7-10-17(16)18-15-25(13-14-27-18)19(22-5)23-11-8-12-24-20(26)28-21(2,3)4/h6-7,9-10,18H,8,11-15H2,1-5H3,(H,22,23)(H,24,26). The number of aliphatic imine (C=N–C) groups is 1. The van der Waals surface area contributed by atoms with Gasteiger partial charge in [-0.05, 0) is 45.2 Å². The first-order valence-electron chi connectivity index (χ1n) is 9.90. The molecule has 1 fully saturated rings. The van der Waals surface area contributed by atoms with Gasteiger partial charge in [-0.2, -0.15) is 0 Å². The molecule has 0 radical (unpaired) electrons. The molecule has 156 valence electrons. The van der Waals surface area contributed by atoms with Gasteiger partial charge in [0.15, 0.2) is 5.96 Å². The van der Waals surface area contributed by atoms with E-state index in [1.165, 1.54) is 11.1 Å². The fourth-order valence-electron chi connectivity index (χ4n) is 3.10. The van der Waals surface area contributed by atoms with E-state index in [-0.39, 0.29) is 12.2 Å². The van der Waals surface area contributed by atoms with Gasteiger partial charge in [-0.15, -0.1) is 0 Å². The lowest BCUT2D eigenvalue weighted by Gasteiger charge is -2.35. The Balaban J connectivity index is 1.77. The van der Waals surface area contributed by atoms with Crippen LogP contribution in [0.1, 0.15) is 44.4 Å². The van der Waals surface area contributed by atoms with E-state index in [0.717, 1.165) is 32.0 Å². The van der Waals surface area contributed by atoms with E-state index in [1.54, 1.807) is 7.05 Å². The zero-order valence-corrected chi connectivity index (χ0v) is 17.7. The van der Waals surface area contributed by atoms with Crippen molar-refractivity contribution in [3.8, 4) is 0 Å². The summed E-state index contributed by atoms with van der Waals surface area (Å²) in [7, 11) is 1.79. The number of alkyl carbamates (subject to hydrolysis) is 1. The molecular formula is C21H34N4O3. The minimum atomic E-state index is -0.478. The Hall–Kier alpha value is -2.28. The summed E-state index contributed by atoms with van der Waals surface area (Å²) < 4.78 is 11.2. The lowest BCUT2D eigenvalue weighted by Crippen LogP contribution is -2.48. The minimum absolute atomic E-state index is 0.0438. The Bertz CT molecular complexity index is 670. The van der Waals surface area contributed by atoms with Crippen molar-refractivity contribution in [3.05, 3.63) is 35.4 Å². The van der Waals surface area contributed by atoms with Gasteiger partial charge in [-0.25, -0.2) is 4.79 Å². The number of hydrogen-bond donors (Lipinski definition) is 2. The van der Waals surface area contributed by atoms with Gasteiger partial charge in [-0.1, -0.05) is 24.3 Å². The first-order valence-corrected chi connectivity index (χ1v) is 9.90. The van der Waals surface area contributed by atoms with Crippen molar-refractivity contribution >= 4 is 12.1 Å². The van der Waals surface area contributed by atoms with Gasteiger partial charge in [0.25, 0.3) is 0 Å². The Morgan fingerprint density at radius 3 is 2.68 bits per heavy atom. The van der Waals surface area contributed by atoms with Gasteiger partial charge in [0, 0.05) is 26.7 Å². The molecule has 0 bridgehead atoms. The summed E-state index contributed by atoms with van der Waals surface area (Å²) >= 11 is 0. The average Bonchev–Trinajstić information content (AvgIpc) is 2.64. The summed E-state index contributed by atoms with van der Waals surface area (Å²) in [6.45, 7) is 11.2. The molecule has 0 saturated carbocycles. The molecule has 2 N–H and O–H groups in total. The number of aryl methyl sites for hydroxylation is 1. The highest BCUT2D eigenvalue weighted by molar-refractivity contribution is 5.80. The van der Waals surface area contributed by atoms with Gasteiger partial charge >= 0.3 is 6.09 Å². The quantitative estimate of drug-likeness (QED) is 0.459. The molecule has 0 aliphatic carbocycles. The maximum Gasteiger partial charge on any atom is 0.407 e. The van der Waals surface area contributed by atoms with Crippen LogP contribution in [0.2, 0.25) is 0 Å². The maximum absolute atomic E-state index is 11.7. The number of guanidine groups is 1. The number of nitrogens with one attached hydrogen (secondary N) is 2. The van der Waals surface area contributed by atoms with Crippen molar-refractivity contribution in [1.82, 2.24) is 15.5 Å². The highest BCUT2D eigenvalue weighted by atomic mass is 16.6. The van der Waals surface area contributed by atoms with Gasteiger partial charge in [0.05, 0.1) is 13.2 Å². The molecule has 1 amide bonds. The molecule has 28 heavy (non-hydrogen) atoms. The SMILES string of the molecule is CN=C(NCCCNC(=O)OC(C)(C)C)N1CCOC(c2ccccc2C)C1. The summed E-state index contributed by atoms with van der Waals surface area (Å²) in [6.07, 6.45) is 0.442. The predicted octanol–water partition coefficient (Wildman–Crippen LogP) is 2.86. The summed E-state index contributed by atoms with van der Waals surface area (Å²) in [5, 5.41) is 6.15. The number of hydrogen-bond acceptors (Lipinski definition) is 4. The zero-order valence-electron chi connectivity index (χ0n) is 17.7. The number of benzene rings is 1. The molecule has 7 heteroatoms. The summed E-state index contributed by atoms with van der Waals surface area (Å²) in [5.41, 5.74) is 1.99. The van der Waals surface area contributed by atoms with Crippen LogP contribution in [0, 0.1) is 6.92 Å². The van der Waals surface area contributed by atoms with Crippen LogP contribution in [0.3, 0.4) is 0 Å². The van der Waals surface area contributed by atoms with Crippen LogP contribution in [-0.4, -0.2) is 62.4 Å². The molecule has 2 rings (SSSR count). The largest absolute Gasteiger partial charge is 0.444 e. The molecule has 1 heterocycles. The van der Waals surface area contributed by atoms with Crippen LogP contribution < -0.4 is 10.6 Å². The summed E-state index contributed by atoms with van der Waals surface area (Å²) in [4.78, 5) is 18.3. The van der Waals surface area contributed by atoms with Crippen LogP contribution >= 0.6 is 0 Å². The third-order valence-electron chi connectivity index (χ3n) is 4.42. The van der Waals surface area contributed by atoms with Crippen LogP contribution in [-0.2, 0) is 9.47 Å². The van der Waals surface area contributed by atoms with Gasteiger partial charge < -0.3 is 25.0 Å². The molecule has 0 spiro atoms. The van der Waals surface area contributed by atoms with Crippen molar-refractivity contribution in [2.45, 2.75) is 45.8 Å². The molecule has 0 aromatic heterocycles. The highest BCUT2D eigenvalue weighted by Crippen LogP contribution is 2.24. The molecule has 1 saturated heterocycles. The first-order chi connectivity index (χ1) is 13.3. The van der Waals surface area contributed by atoms with E-state index in [1.807, 2.05) is 26.8 Å². The van der Waals surface area contributed by atoms with Crippen molar-refractivity contribution in [3.63, 3.8) is 0 Å². The number of carbonyl (C=O) groups excluding carboxylic acids is 1. The average molecular weight is 391 g/mol. The number of ether oxygens (including phenoxy) is 2. The van der Waals surface area contributed by atoms with Gasteiger partial charge in [0.2, 0.25) is 0 Å². The molecule has 1 unspecified atom stereocenters. The Kier molecular flexibility index (Phi) is 8.11. The molecule has 1 aromatic carbocycles. The van der Waals surface area contributed by atoms with E-state index < -0.39 is 5.60 Å². The summed E-state index contributed by atoms with van der Waals surface area (Å²) in [5.74, 6) is 0.860. The molecule has 1 aliphatic rings. The highest BCUT2D eigenvalue weighted by Gasteiger charge is 2.25. The third-order valence-corrected chi connectivity index (χ3v) is 4.42. The topological polar surface area (TPSA) is 75.2 Å². The lowest BCUT2D eigenvalue weighted by molar-refractivity contribution is -0.00831. The second kappa shape index (κ2) is 10.3. The van der Waals surface area contributed by atoms with E-state index in [4.69, 9.17) is 9.47 Å². The molecule has 7 nitrogen and oxygen atoms in total. The maximum atomic E-state index is 11.7. The Morgan fingerprint density at radius 1 is 1.29 bits per heavy atom. The predicted molar refractivity (Wildman–Crippen MR) is 112 cm³/mol.